The van der Waals surface area contributed by atoms with Gasteiger partial charge < -0.3 is 11.1 Å². The van der Waals surface area contributed by atoms with Gasteiger partial charge in [0.2, 0.25) is 5.91 Å². The molecule has 0 saturated carbocycles. The minimum Gasteiger partial charge on any atom is -0.325 e. The van der Waals surface area contributed by atoms with Gasteiger partial charge in [-0.05, 0) is 42.5 Å². The van der Waals surface area contributed by atoms with Gasteiger partial charge in [0.25, 0.3) is 0 Å². The molecule has 3 N–H and O–H groups in total. The summed E-state index contributed by atoms with van der Waals surface area (Å²) in [4.78, 5) is 11.5. The van der Waals surface area contributed by atoms with Gasteiger partial charge in [0.15, 0.2) is 5.82 Å². The number of nitrogens with one attached hydrogen (secondary N) is 1. The zero-order valence-corrected chi connectivity index (χ0v) is 11.4. The highest BCUT2D eigenvalue weighted by molar-refractivity contribution is 5.94. The molecule has 1 amide bonds. The Hall–Kier alpha value is -1.99. The summed E-state index contributed by atoms with van der Waals surface area (Å²) in [6, 6.07) is 6.68. The van der Waals surface area contributed by atoms with Crippen LogP contribution in [0.15, 0.2) is 24.3 Å². The number of carbonyl (C=O) groups is 1. The summed E-state index contributed by atoms with van der Waals surface area (Å²) < 4.78 is 1.58. The van der Waals surface area contributed by atoms with E-state index in [1.54, 1.807) is 30.7 Å². The van der Waals surface area contributed by atoms with Crippen molar-refractivity contribution in [3.63, 3.8) is 0 Å². The molecule has 0 aliphatic carbocycles. The second kappa shape index (κ2) is 6.26. The van der Waals surface area contributed by atoms with Gasteiger partial charge in [-0.3, -0.25) is 4.79 Å². The summed E-state index contributed by atoms with van der Waals surface area (Å²) in [5, 5.41) is 14.0. The van der Waals surface area contributed by atoms with Crippen molar-refractivity contribution in [2.45, 2.75) is 19.9 Å². The number of aromatic nitrogens is 4. The van der Waals surface area contributed by atoms with Crippen molar-refractivity contribution in [1.82, 2.24) is 20.2 Å². The number of aryl methyl sites for hydroxylation is 1. The van der Waals surface area contributed by atoms with Crippen LogP contribution in [0.1, 0.15) is 12.7 Å². The van der Waals surface area contributed by atoms with E-state index in [0.717, 1.165) is 5.69 Å². The second-order valence-electron chi connectivity index (χ2n) is 3.97. The first-order valence-corrected chi connectivity index (χ1v) is 5.50. The molecule has 2 rings (SSSR count). The lowest BCUT2D eigenvalue weighted by molar-refractivity contribution is -0.117. The Bertz CT molecular complexity index is 568. The van der Waals surface area contributed by atoms with Crippen molar-refractivity contribution in [2.75, 3.05) is 5.32 Å². The van der Waals surface area contributed by atoms with E-state index in [-0.39, 0.29) is 18.3 Å². The zero-order chi connectivity index (χ0) is 13.1. The van der Waals surface area contributed by atoms with Crippen LogP contribution < -0.4 is 11.1 Å². The van der Waals surface area contributed by atoms with Gasteiger partial charge in [0.05, 0.1) is 11.7 Å². The molecule has 102 valence electrons. The van der Waals surface area contributed by atoms with Crippen molar-refractivity contribution in [2.24, 2.45) is 5.73 Å². The monoisotopic (exact) mass is 282 g/mol. The minimum atomic E-state index is -0.552. The van der Waals surface area contributed by atoms with Crippen LogP contribution in [-0.4, -0.2) is 32.2 Å². The number of benzene rings is 1. The van der Waals surface area contributed by atoms with E-state index in [2.05, 4.69) is 20.8 Å². The molecule has 0 radical (unpaired) electrons. The molecule has 8 heteroatoms. The third-order valence-corrected chi connectivity index (χ3v) is 2.40. The van der Waals surface area contributed by atoms with Crippen LogP contribution in [0, 0.1) is 6.92 Å². The molecule has 0 saturated heterocycles. The Kier molecular flexibility index (Phi) is 4.96. The van der Waals surface area contributed by atoms with Crippen molar-refractivity contribution in [3.8, 4) is 5.69 Å². The maximum Gasteiger partial charge on any atom is 0.240 e. The average molecular weight is 283 g/mol. The fraction of sp³-hybridized carbons (Fsp3) is 0.273. The first-order chi connectivity index (χ1) is 8.58. The molecule has 2 aromatic rings. The Morgan fingerprint density at radius 3 is 2.79 bits per heavy atom. The Morgan fingerprint density at radius 1 is 1.47 bits per heavy atom. The number of nitrogens with two attached hydrogens (primary N) is 1. The van der Waals surface area contributed by atoms with E-state index >= 15 is 0 Å². The number of halogens is 1. The van der Waals surface area contributed by atoms with E-state index in [1.807, 2.05) is 12.1 Å². The van der Waals surface area contributed by atoms with Crippen LogP contribution in [0.3, 0.4) is 0 Å². The van der Waals surface area contributed by atoms with Gasteiger partial charge >= 0.3 is 0 Å². The molecule has 19 heavy (non-hydrogen) atoms. The van der Waals surface area contributed by atoms with Crippen LogP contribution in [0.2, 0.25) is 0 Å². The minimum absolute atomic E-state index is 0. The number of nitrogens with zero attached hydrogens (tertiary/aromatic N) is 4. The van der Waals surface area contributed by atoms with Gasteiger partial charge in [0, 0.05) is 5.69 Å². The fourth-order valence-corrected chi connectivity index (χ4v) is 1.44. The van der Waals surface area contributed by atoms with Crippen LogP contribution in [0.5, 0.6) is 0 Å². The predicted octanol–water partition coefficient (Wildman–Crippen LogP) is 0.678. The number of tetrazole rings is 1. The van der Waals surface area contributed by atoms with Gasteiger partial charge in [-0.25, -0.2) is 0 Å². The molecule has 0 spiro atoms. The summed E-state index contributed by atoms with van der Waals surface area (Å²) in [5.74, 6) is 0.436. The van der Waals surface area contributed by atoms with Crippen molar-refractivity contribution < 1.29 is 4.79 Å². The summed E-state index contributed by atoms with van der Waals surface area (Å²) in [6.45, 7) is 3.43. The normalized spacial score (nSPS) is 11.5. The molecule has 0 bridgehead atoms. The SMILES string of the molecule is Cc1nnnn1-c1cccc(NC(=O)C(C)N)c1.Cl. The highest BCUT2D eigenvalue weighted by atomic mass is 35.5. The quantitative estimate of drug-likeness (QED) is 0.862. The highest BCUT2D eigenvalue weighted by Gasteiger charge is 2.09. The lowest BCUT2D eigenvalue weighted by Crippen LogP contribution is -2.32. The van der Waals surface area contributed by atoms with Crippen LogP contribution in [0.4, 0.5) is 5.69 Å². The number of carbonyl (C=O) groups excluding carboxylic acids is 1. The third kappa shape index (κ3) is 3.49. The van der Waals surface area contributed by atoms with Crippen molar-refractivity contribution in [1.29, 1.82) is 0 Å². The lowest BCUT2D eigenvalue weighted by Gasteiger charge is -2.09. The first kappa shape index (κ1) is 15.1. The van der Waals surface area contributed by atoms with E-state index in [4.69, 9.17) is 5.73 Å². The molecule has 1 unspecified atom stereocenters. The molecule has 1 heterocycles. The number of rotatable bonds is 3. The molecule has 7 nitrogen and oxygen atoms in total. The summed E-state index contributed by atoms with van der Waals surface area (Å²) in [7, 11) is 0. The standard InChI is InChI=1S/C11H14N6O.ClH/c1-7(12)11(18)13-9-4-3-5-10(6-9)17-8(2)14-15-16-17;/h3-7H,12H2,1-2H3,(H,13,18);1H. The van der Waals surface area contributed by atoms with Gasteiger partial charge in [-0.2, -0.15) is 4.68 Å². The Labute approximate surface area is 116 Å². The molecular formula is C11H15ClN6O. The van der Waals surface area contributed by atoms with Gasteiger partial charge in [-0.1, -0.05) is 6.07 Å². The third-order valence-electron chi connectivity index (χ3n) is 2.40. The second-order valence-corrected chi connectivity index (χ2v) is 3.97. The lowest BCUT2D eigenvalue weighted by atomic mass is 10.2. The molecule has 0 aliphatic heterocycles. The molecule has 1 aromatic carbocycles. The highest BCUT2D eigenvalue weighted by Crippen LogP contribution is 2.14. The van der Waals surface area contributed by atoms with Crippen molar-refractivity contribution in [3.05, 3.63) is 30.1 Å². The average Bonchev–Trinajstić information content (AvgIpc) is 2.75. The molecule has 1 atom stereocenters. The molecular weight excluding hydrogens is 268 g/mol. The van der Waals surface area contributed by atoms with E-state index in [9.17, 15) is 4.79 Å². The zero-order valence-electron chi connectivity index (χ0n) is 10.6. The summed E-state index contributed by atoms with van der Waals surface area (Å²) in [5.41, 5.74) is 6.93. The van der Waals surface area contributed by atoms with Crippen LogP contribution >= 0.6 is 12.4 Å². The number of hydrogen-bond donors (Lipinski definition) is 2. The number of amides is 1. The van der Waals surface area contributed by atoms with Gasteiger partial charge in [0.1, 0.15) is 0 Å². The van der Waals surface area contributed by atoms with E-state index < -0.39 is 6.04 Å². The largest absolute Gasteiger partial charge is 0.325 e. The topological polar surface area (TPSA) is 98.7 Å². The molecule has 0 aliphatic rings. The summed E-state index contributed by atoms with van der Waals surface area (Å²) in [6.07, 6.45) is 0. The summed E-state index contributed by atoms with van der Waals surface area (Å²) >= 11 is 0. The fourth-order valence-electron chi connectivity index (χ4n) is 1.44. The molecule has 0 fully saturated rings. The predicted molar refractivity (Wildman–Crippen MR) is 73.4 cm³/mol. The van der Waals surface area contributed by atoms with Gasteiger partial charge in [-0.15, -0.1) is 17.5 Å². The van der Waals surface area contributed by atoms with Crippen molar-refractivity contribution >= 4 is 24.0 Å². The van der Waals surface area contributed by atoms with E-state index in [1.165, 1.54) is 0 Å². The van der Waals surface area contributed by atoms with E-state index in [0.29, 0.717) is 11.5 Å². The smallest absolute Gasteiger partial charge is 0.240 e. The first-order valence-electron chi connectivity index (χ1n) is 5.50. The Morgan fingerprint density at radius 2 is 2.21 bits per heavy atom. The van der Waals surface area contributed by atoms with Crippen LogP contribution in [0.25, 0.3) is 5.69 Å². The maximum absolute atomic E-state index is 11.5. The number of anilines is 1. The number of hydrogen-bond acceptors (Lipinski definition) is 5. The maximum atomic E-state index is 11.5. The Balaban J connectivity index is 0.00000180. The molecule has 1 aromatic heterocycles. The van der Waals surface area contributed by atoms with Crippen LogP contribution in [-0.2, 0) is 4.79 Å².